The number of primary amides is 1. The van der Waals surface area contributed by atoms with E-state index in [1.54, 1.807) is 27.7 Å². The Labute approximate surface area is 322 Å². The van der Waals surface area contributed by atoms with Crippen LogP contribution in [0.15, 0.2) is 0 Å². The topological polar surface area (TPSA) is 301 Å². The Hall–Kier alpha value is -4.81. The molecule has 0 saturated carbocycles. The predicted octanol–water partition coefficient (Wildman–Crippen LogP) is -1.77. The van der Waals surface area contributed by atoms with Crippen molar-refractivity contribution in [2.24, 2.45) is 35.1 Å². The molecule has 1 aliphatic rings. The van der Waals surface area contributed by atoms with Crippen LogP contribution in [-0.2, 0) is 43.2 Å². The Morgan fingerprint density at radius 3 is 1.75 bits per heavy atom. The summed E-state index contributed by atoms with van der Waals surface area (Å²) in [5.41, 5.74) is 11.2. The summed E-state index contributed by atoms with van der Waals surface area (Å²) in [5.74, 6) is -7.52. The summed E-state index contributed by atoms with van der Waals surface area (Å²) in [6.45, 7) is 13.3. The van der Waals surface area contributed by atoms with E-state index in [-0.39, 0.29) is 44.1 Å². The van der Waals surface area contributed by atoms with Gasteiger partial charge in [0, 0.05) is 13.0 Å². The summed E-state index contributed by atoms with van der Waals surface area (Å²) >= 11 is 0. The first-order valence-electron chi connectivity index (χ1n) is 18.9. The fourth-order valence-corrected chi connectivity index (χ4v) is 6.02. The number of hydrogen-bond acceptors (Lipinski definition) is 10. The second-order valence-electron chi connectivity index (χ2n) is 15.5. The Bertz CT molecular complexity index is 1390. The number of nitrogens with zero attached hydrogens (tertiary/aromatic N) is 1. The highest BCUT2D eigenvalue weighted by Crippen LogP contribution is 2.20. The number of nitrogens with one attached hydrogen (secondary N) is 6. The highest BCUT2D eigenvalue weighted by molar-refractivity contribution is 5.97. The van der Waals surface area contributed by atoms with Crippen molar-refractivity contribution in [1.29, 1.82) is 0 Å². The van der Waals surface area contributed by atoms with E-state index in [1.165, 1.54) is 4.90 Å². The molecule has 6 atom stereocenters. The first kappa shape index (κ1) is 48.2. The van der Waals surface area contributed by atoms with E-state index < -0.39 is 114 Å². The van der Waals surface area contributed by atoms with Crippen LogP contribution in [0.2, 0.25) is 0 Å². The quantitative estimate of drug-likeness (QED) is 0.0559. The van der Waals surface area contributed by atoms with Crippen LogP contribution in [0.5, 0.6) is 0 Å². The fourth-order valence-electron chi connectivity index (χ4n) is 6.02. The van der Waals surface area contributed by atoms with Gasteiger partial charge in [0.2, 0.25) is 47.3 Å². The van der Waals surface area contributed by atoms with Crippen molar-refractivity contribution in [3.63, 3.8) is 0 Å². The molecule has 19 nitrogen and oxygen atoms in total. The molecule has 0 aromatic heterocycles. The summed E-state index contributed by atoms with van der Waals surface area (Å²) in [6, 6.07) is -6.56. The molecule has 55 heavy (non-hydrogen) atoms. The van der Waals surface area contributed by atoms with Crippen LogP contribution in [0, 0.1) is 23.7 Å². The largest absolute Gasteiger partial charge is 0.480 e. The Balaban J connectivity index is 3.15. The number of nitrogens with two attached hydrogens (primary N) is 2. The van der Waals surface area contributed by atoms with Crippen LogP contribution in [0.25, 0.3) is 0 Å². The zero-order valence-corrected chi connectivity index (χ0v) is 33.4. The van der Waals surface area contributed by atoms with Gasteiger partial charge in [0.1, 0.15) is 36.8 Å². The molecule has 0 aromatic rings. The van der Waals surface area contributed by atoms with Crippen molar-refractivity contribution in [3.05, 3.63) is 0 Å². The smallest absolute Gasteiger partial charge is 0.322 e. The van der Waals surface area contributed by atoms with Crippen molar-refractivity contribution in [1.82, 2.24) is 36.8 Å². The first-order chi connectivity index (χ1) is 25.5. The van der Waals surface area contributed by atoms with Crippen LogP contribution >= 0.6 is 0 Å². The maximum atomic E-state index is 13.8. The van der Waals surface area contributed by atoms with Crippen molar-refractivity contribution < 1.29 is 48.3 Å². The molecule has 8 amide bonds. The summed E-state index contributed by atoms with van der Waals surface area (Å²) < 4.78 is 0. The van der Waals surface area contributed by atoms with Crippen molar-refractivity contribution in [2.75, 3.05) is 19.6 Å². The fraction of sp³-hybridized carbons (Fsp3) is 0.750. The molecule has 1 saturated heterocycles. The molecule has 1 heterocycles. The van der Waals surface area contributed by atoms with Gasteiger partial charge in [0.05, 0.1) is 12.6 Å². The maximum absolute atomic E-state index is 13.8. The molecule has 11 N–H and O–H groups in total. The van der Waals surface area contributed by atoms with Gasteiger partial charge in [-0.2, -0.15) is 0 Å². The average molecular weight is 782 g/mol. The van der Waals surface area contributed by atoms with Gasteiger partial charge >= 0.3 is 5.97 Å². The summed E-state index contributed by atoms with van der Waals surface area (Å²) in [7, 11) is 0. The summed E-state index contributed by atoms with van der Waals surface area (Å²) in [5, 5.41) is 24.3. The van der Waals surface area contributed by atoms with Gasteiger partial charge in [-0.15, -0.1) is 0 Å². The average Bonchev–Trinajstić information content (AvgIpc) is 3.57. The lowest BCUT2D eigenvalue weighted by molar-refractivity contribution is -0.143. The van der Waals surface area contributed by atoms with E-state index in [2.05, 4.69) is 31.9 Å². The Morgan fingerprint density at radius 2 is 1.24 bits per heavy atom. The number of carbonyl (C=O) groups excluding carboxylic acids is 8. The minimum Gasteiger partial charge on any atom is -0.480 e. The highest BCUT2D eigenvalue weighted by Gasteiger charge is 2.39. The van der Waals surface area contributed by atoms with Crippen molar-refractivity contribution in [3.8, 4) is 0 Å². The van der Waals surface area contributed by atoms with Gasteiger partial charge < -0.3 is 53.4 Å². The van der Waals surface area contributed by atoms with Crippen molar-refractivity contribution in [2.45, 2.75) is 130 Å². The van der Waals surface area contributed by atoms with Gasteiger partial charge in [-0.3, -0.25) is 43.2 Å². The minimum atomic E-state index is -1.32. The molecule has 1 aliphatic heterocycles. The lowest BCUT2D eigenvalue weighted by Crippen LogP contribution is -2.61. The molecule has 0 radical (unpaired) electrons. The second-order valence-corrected chi connectivity index (χ2v) is 15.5. The number of hydrogen-bond donors (Lipinski definition) is 9. The third-order valence-electron chi connectivity index (χ3n) is 8.88. The molecule has 19 heteroatoms. The lowest BCUT2D eigenvalue weighted by atomic mass is 9.98. The first-order valence-corrected chi connectivity index (χ1v) is 18.9. The monoisotopic (exact) mass is 781 g/mol. The molecule has 0 aromatic carbocycles. The molecule has 312 valence electrons. The van der Waals surface area contributed by atoms with Gasteiger partial charge in [0.25, 0.3) is 0 Å². The molecule has 1 rings (SSSR count). The molecular formula is C36H63N9O10. The van der Waals surface area contributed by atoms with Gasteiger partial charge in [-0.25, -0.2) is 0 Å². The minimum absolute atomic E-state index is 0.100. The van der Waals surface area contributed by atoms with Gasteiger partial charge in [-0.1, -0.05) is 55.4 Å². The third kappa shape index (κ3) is 17.0. The second kappa shape index (κ2) is 23.2. The normalized spacial score (nSPS) is 16.8. The van der Waals surface area contributed by atoms with E-state index in [9.17, 15) is 43.2 Å². The van der Waals surface area contributed by atoms with Gasteiger partial charge in [-0.05, 0) is 55.8 Å². The van der Waals surface area contributed by atoms with Crippen LogP contribution in [0.4, 0.5) is 0 Å². The zero-order chi connectivity index (χ0) is 42.2. The Morgan fingerprint density at radius 1 is 0.691 bits per heavy atom. The Kier molecular flexibility index (Phi) is 20.3. The lowest BCUT2D eigenvalue weighted by Gasteiger charge is -2.31. The predicted molar refractivity (Wildman–Crippen MR) is 201 cm³/mol. The van der Waals surface area contributed by atoms with Crippen LogP contribution in [-0.4, -0.2) is 119 Å². The van der Waals surface area contributed by atoms with E-state index in [1.807, 2.05) is 27.7 Å². The number of carboxylic acid groups (broad SMARTS) is 1. The van der Waals surface area contributed by atoms with Crippen LogP contribution in [0.3, 0.4) is 0 Å². The summed E-state index contributed by atoms with van der Waals surface area (Å²) in [6.07, 6.45) is 0.785. The highest BCUT2D eigenvalue weighted by atomic mass is 16.4. The maximum Gasteiger partial charge on any atom is 0.322 e. The van der Waals surface area contributed by atoms with Crippen molar-refractivity contribution >= 4 is 53.2 Å². The number of amides is 8. The zero-order valence-electron chi connectivity index (χ0n) is 33.4. The number of likely N-dealkylation sites (tertiary alicyclic amines) is 1. The molecule has 0 aliphatic carbocycles. The van der Waals surface area contributed by atoms with Crippen LogP contribution in [0.1, 0.15) is 93.9 Å². The molecule has 0 spiro atoms. The van der Waals surface area contributed by atoms with Crippen LogP contribution < -0.4 is 43.4 Å². The number of aliphatic carboxylic acids is 1. The molecule has 0 bridgehead atoms. The number of rotatable bonds is 23. The molecule has 0 unspecified atom stereocenters. The summed E-state index contributed by atoms with van der Waals surface area (Å²) in [4.78, 5) is 116. The van der Waals surface area contributed by atoms with E-state index >= 15 is 0 Å². The standard InChI is InChI=1S/C36H63N9O10/c1-18(2)14-22(37)31(50)39-16-27(47)43-29(20(5)6)34(53)42-24(15-19(3)4)32(51)44-30(21(7)8)35(54)41-23(11-12-26(38)46)36(55)45-13-9-10-25(45)33(52)40-17-28(48)49/h18-25,29-30H,9-17,37H2,1-8H3,(H2,38,46)(H,39,50)(H,40,52)(H,41,54)(H,42,53)(H,43,47)(H,44,51)(H,48,49)/t22-,23-,24-,25-,29-,30-/m0/s1. The third-order valence-corrected chi connectivity index (χ3v) is 8.88. The molecule has 1 fully saturated rings. The van der Waals surface area contributed by atoms with E-state index in [0.29, 0.717) is 12.8 Å². The molecular weight excluding hydrogens is 718 g/mol. The number of carboxylic acids is 1. The number of carbonyl (C=O) groups is 9. The SMILES string of the molecule is CC(C)C[C@H](NC(=O)[C@@H](NC(=O)CNC(=O)[C@@H](N)CC(C)C)C(C)C)C(=O)N[C@H](C(=O)N[C@@H](CCC(N)=O)C(=O)N1CCC[C@H]1C(=O)NCC(=O)O)C(C)C. The van der Waals surface area contributed by atoms with E-state index in [0.717, 1.165) is 0 Å². The van der Waals surface area contributed by atoms with Gasteiger partial charge in [0.15, 0.2) is 0 Å². The van der Waals surface area contributed by atoms with E-state index in [4.69, 9.17) is 16.6 Å².